The van der Waals surface area contributed by atoms with Crippen molar-refractivity contribution in [1.82, 2.24) is 9.38 Å². The van der Waals surface area contributed by atoms with Crippen LogP contribution >= 0.6 is 0 Å². The SMILES string of the molecule is CC(C)(C)c1cc(F)cn2c(F)cnc12. The average molecular weight is 210 g/mol. The van der Waals surface area contributed by atoms with E-state index in [-0.39, 0.29) is 5.41 Å². The number of rotatable bonds is 0. The van der Waals surface area contributed by atoms with Crippen LogP contribution in [0.1, 0.15) is 26.3 Å². The second-order valence-corrected chi connectivity index (χ2v) is 4.60. The molecular formula is C11H12F2N2. The van der Waals surface area contributed by atoms with Crippen LogP contribution in [0.2, 0.25) is 0 Å². The Morgan fingerprint density at radius 1 is 1.27 bits per heavy atom. The van der Waals surface area contributed by atoms with Gasteiger partial charge in [-0.1, -0.05) is 20.8 Å². The molecule has 0 saturated carbocycles. The molecule has 0 spiro atoms. The van der Waals surface area contributed by atoms with E-state index >= 15 is 0 Å². The van der Waals surface area contributed by atoms with Crippen molar-refractivity contribution >= 4 is 5.65 Å². The van der Waals surface area contributed by atoms with E-state index in [0.717, 1.165) is 16.8 Å². The molecule has 0 aliphatic heterocycles. The van der Waals surface area contributed by atoms with Crippen molar-refractivity contribution in [3.8, 4) is 0 Å². The summed E-state index contributed by atoms with van der Waals surface area (Å²) in [5.74, 6) is -1.00. The van der Waals surface area contributed by atoms with E-state index < -0.39 is 11.8 Å². The second-order valence-electron chi connectivity index (χ2n) is 4.60. The van der Waals surface area contributed by atoms with E-state index in [4.69, 9.17) is 0 Å². The smallest absolute Gasteiger partial charge is 0.218 e. The Balaban J connectivity index is 2.84. The first-order chi connectivity index (χ1) is 6.89. The van der Waals surface area contributed by atoms with Crippen LogP contribution < -0.4 is 0 Å². The highest BCUT2D eigenvalue weighted by Crippen LogP contribution is 2.26. The molecule has 2 nitrogen and oxygen atoms in total. The zero-order chi connectivity index (χ0) is 11.2. The lowest BCUT2D eigenvalue weighted by molar-refractivity contribution is 0.543. The highest BCUT2D eigenvalue weighted by atomic mass is 19.1. The van der Waals surface area contributed by atoms with Crippen LogP contribution in [0.15, 0.2) is 18.5 Å². The third kappa shape index (κ3) is 1.60. The van der Waals surface area contributed by atoms with Crippen molar-refractivity contribution < 1.29 is 8.78 Å². The van der Waals surface area contributed by atoms with Crippen molar-refractivity contribution in [2.75, 3.05) is 0 Å². The summed E-state index contributed by atoms with van der Waals surface area (Å²) >= 11 is 0. The first-order valence-corrected chi connectivity index (χ1v) is 4.72. The number of nitrogens with zero attached hydrogens (tertiary/aromatic N) is 2. The summed E-state index contributed by atoms with van der Waals surface area (Å²) in [6.45, 7) is 5.82. The van der Waals surface area contributed by atoms with E-state index in [9.17, 15) is 8.78 Å². The summed E-state index contributed by atoms with van der Waals surface area (Å²) in [6, 6.07) is 1.40. The van der Waals surface area contributed by atoms with E-state index in [1.165, 1.54) is 6.07 Å². The predicted molar refractivity (Wildman–Crippen MR) is 53.8 cm³/mol. The third-order valence-electron chi connectivity index (χ3n) is 2.34. The van der Waals surface area contributed by atoms with E-state index in [0.29, 0.717) is 11.2 Å². The largest absolute Gasteiger partial charge is 0.273 e. The molecule has 80 valence electrons. The molecule has 4 heteroatoms. The molecule has 0 N–H and O–H groups in total. The minimum atomic E-state index is -0.546. The molecule has 2 heterocycles. The van der Waals surface area contributed by atoms with E-state index in [2.05, 4.69) is 4.98 Å². The molecule has 0 fully saturated rings. The zero-order valence-corrected chi connectivity index (χ0v) is 8.88. The van der Waals surface area contributed by atoms with Gasteiger partial charge in [0.15, 0.2) is 0 Å². The normalized spacial score (nSPS) is 12.3. The molecule has 2 aromatic rings. The minimum Gasteiger partial charge on any atom is -0.273 e. The molecule has 0 amide bonds. The van der Waals surface area contributed by atoms with Gasteiger partial charge in [0.25, 0.3) is 0 Å². The monoisotopic (exact) mass is 210 g/mol. The van der Waals surface area contributed by atoms with Crippen molar-refractivity contribution in [3.05, 3.63) is 35.8 Å². The molecule has 0 unspecified atom stereocenters. The molecule has 0 aromatic carbocycles. The Kier molecular flexibility index (Phi) is 2.03. The number of fused-ring (bicyclic) bond motifs is 1. The topological polar surface area (TPSA) is 17.3 Å². The molecule has 0 saturated heterocycles. The van der Waals surface area contributed by atoms with Crippen LogP contribution in [-0.4, -0.2) is 9.38 Å². The van der Waals surface area contributed by atoms with Crippen molar-refractivity contribution in [2.45, 2.75) is 26.2 Å². The highest BCUT2D eigenvalue weighted by Gasteiger charge is 2.20. The van der Waals surface area contributed by atoms with Gasteiger partial charge in [0.05, 0.1) is 6.20 Å². The Labute approximate surface area is 86.6 Å². The van der Waals surface area contributed by atoms with Crippen LogP contribution in [0.5, 0.6) is 0 Å². The predicted octanol–water partition coefficient (Wildman–Crippen LogP) is 2.91. The maximum absolute atomic E-state index is 13.3. The summed E-state index contributed by atoms with van der Waals surface area (Å²) in [5, 5.41) is 0. The van der Waals surface area contributed by atoms with Crippen LogP contribution in [-0.2, 0) is 5.41 Å². The van der Waals surface area contributed by atoms with Crippen molar-refractivity contribution in [1.29, 1.82) is 0 Å². The quantitative estimate of drug-likeness (QED) is 0.653. The molecule has 2 aromatic heterocycles. The molecule has 0 atom stereocenters. The number of pyridine rings is 1. The number of halogens is 2. The fraction of sp³-hybridized carbons (Fsp3) is 0.364. The molecule has 15 heavy (non-hydrogen) atoms. The molecule has 0 radical (unpaired) electrons. The lowest BCUT2D eigenvalue weighted by Crippen LogP contribution is -2.14. The van der Waals surface area contributed by atoms with Crippen LogP contribution in [0.3, 0.4) is 0 Å². The first-order valence-electron chi connectivity index (χ1n) is 4.72. The number of hydrogen-bond acceptors (Lipinski definition) is 1. The Bertz CT molecular complexity index is 509. The van der Waals surface area contributed by atoms with Gasteiger partial charge in [0, 0.05) is 11.8 Å². The number of imidazole rings is 1. The first kappa shape index (κ1) is 10.1. The van der Waals surface area contributed by atoms with E-state index in [1.54, 1.807) is 0 Å². The van der Waals surface area contributed by atoms with Crippen LogP contribution in [0.25, 0.3) is 5.65 Å². The molecule has 0 aliphatic rings. The van der Waals surface area contributed by atoms with Crippen molar-refractivity contribution in [3.63, 3.8) is 0 Å². The van der Waals surface area contributed by atoms with Gasteiger partial charge in [-0.05, 0) is 11.5 Å². The molecule has 2 rings (SSSR count). The minimum absolute atomic E-state index is 0.263. The average Bonchev–Trinajstić information content (AvgIpc) is 2.45. The van der Waals surface area contributed by atoms with E-state index in [1.807, 2.05) is 20.8 Å². The molecule has 0 aliphatic carbocycles. The Morgan fingerprint density at radius 3 is 2.53 bits per heavy atom. The Hall–Kier alpha value is -1.45. The third-order valence-corrected chi connectivity index (χ3v) is 2.34. The van der Waals surface area contributed by atoms with Crippen molar-refractivity contribution in [2.24, 2.45) is 0 Å². The van der Waals surface area contributed by atoms with Gasteiger partial charge in [0.2, 0.25) is 5.95 Å². The van der Waals surface area contributed by atoms with Crippen LogP contribution in [0, 0.1) is 11.8 Å². The Morgan fingerprint density at radius 2 is 1.93 bits per heavy atom. The molecule has 0 bridgehead atoms. The summed E-state index contributed by atoms with van der Waals surface area (Å²) in [7, 11) is 0. The summed E-state index contributed by atoms with van der Waals surface area (Å²) in [4.78, 5) is 3.95. The van der Waals surface area contributed by atoms with Crippen LogP contribution in [0.4, 0.5) is 8.78 Å². The summed E-state index contributed by atoms with van der Waals surface area (Å²) < 4.78 is 27.6. The van der Waals surface area contributed by atoms with Gasteiger partial charge >= 0.3 is 0 Å². The fourth-order valence-electron chi connectivity index (χ4n) is 1.58. The maximum Gasteiger partial charge on any atom is 0.218 e. The molecular weight excluding hydrogens is 198 g/mol. The van der Waals surface area contributed by atoms with Gasteiger partial charge in [-0.2, -0.15) is 4.39 Å². The lowest BCUT2D eigenvalue weighted by atomic mass is 9.88. The summed E-state index contributed by atoms with van der Waals surface area (Å²) in [5.41, 5.74) is 0.911. The van der Waals surface area contributed by atoms with Gasteiger partial charge in [0.1, 0.15) is 11.5 Å². The lowest BCUT2D eigenvalue weighted by Gasteiger charge is -2.19. The standard InChI is InChI=1S/C11H12F2N2/c1-11(2,3)8-4-7(12)6-15-9(13)5-14-10(8)15/h4-6H,1-3H3. The zero-order valence-electron chi connectivity index (χ0n) is 8.88. The number of hydrogen-bond donors (Lipinski definition) is 0. The fourth-order valence-corrected chi connectivity index (χ4v) is 1.58. The van der Waals surface area contributed by atoms with Gasteiger partial charge in [-0.3, -0.25) is 4.40 Å². The second kappa shape index (κ2) is 3.02. The van der Waals surface area contributed by atoms with Gasteiger partial charge in [-0.25, -0.2) is 9.37 Å². The van der Waals surface area contributed by atoms with Gasteiger partial charge < -0.3 is 0 Å². The maximum atomic E-state index is 13.3. The highest BCUT2D eigenvalue weighted by molar-refractivity contribution is 5.51. The summed E-state index contributed by atoms with van der Waals surface area (Å²) in [6.07, 6.45) is 2.21. The number of aromatic nitrogens is 2. The van der Waals surface area contributed by atoms with Gasteiger partial charge in [-0.15, -0.1) is 0 Å².